The van der Waals surface area contributed by atoms with Gasteiger partial charge in [-0.2, -0.15) is 0 Å². The molecule has 30 heavy (non-hydrogen) atoms. The maximum absolute atomic E-state index is 14.4. The lowest BCUT2D eigenvalue weighted by Gasteiger charge is -2.39. The lowest BCUT2D eigenvalue weighted by Crippen LogP contribution is -2.60. The van der Waals surface area contributed by atoms with Gasteiger partial charge in [0, 0.05) is 6.54 Å². The highest BCUT2D eigenvalue weighted by Gasteiger charge is 2.44. The minimum absolute atomic E-state index is 0.136. The van der Waals surface area contributed by atoms with Crippen LogP contribution in [0.5, 0.6) is 5.75 Å². The summed E-state index contributed by atoms with van der Waals surface area (Å²) >= 11 is 0. The quantitative estimate of drug-likeness (QED) is 0.257. The molecule has 7 N–H and O–H groups in total. The molecule has 0 aliphatic carbocycles. The summed E-state index contributed by atoms with van der Waals surface area (Å²) in [6.07, 6.45) is -5.30. The summed E-state index contributed by atoms with van der Waals surface area (Å²) in [5.41, 5.74) is 5.55. The van der Waals surface area contributed by atoms with Crippen LogP contribution in [-0.4, -0.2) is 76.7 Å². The molecule has 1 saturated heterocycles. The zero-order valence-electron chi connectivity index (χ0n) is 16.7. The number of alkyl halides is 1. The van der Waals surface area contributed by atoms with E-state index in [4.69, 9.17) is 15.2 Å². The predicted octanol–water partition coefficient (Wildman–Crippen LogP) is -0.489. The van der Waals surface area contributed by atoms with Gasteiger partial charge in [0.1, 0.15) is 30.2 Å². The molecule has 1 aromatic carbocycles. The topological polar surface area (TPSA) is 154 Å². The normalized spacial score (nSPS) is 27.5. The zero-order valence-corrected chi connectivity index (χ0v) is 16.7. The Morgan fingerprint density at radius 2 is 1.77 bits per heavy atom. The fourth-order valence-corrected chi connectivity index (χ4v) is 3.09. The van der Waals surface area contributed by atoms with Crippen LogP contribution in [0.3, 0.4) is 0 Å². The van der Waals surface area contributed by atoms with Gasteiger partial charge in [0.25, 0.3) is 5.91 Å². The molecule has 1 amide bonds. The van der Waals surface area contributed by atoms with E-state index in [1.165, 1.54) is 24.3 Å². The number of rotatable bonds is 11. The first kappa shape index (κ1) is 24.4. The Labute approximate surface area is 174 Å². The molecular weight excluding hydrogens is 399 g/mol. The average molecular weight is 430 g/mol. The van der Waals surface area contributed by atoms with Crippen LogP contribution in [-0.2, 0) is 9.53 Å². The van der Waals surface area contributed by atoms with Crippen molar-refractivity contribution in [3.8, 4) is 5.75 Å². The summed E-state index contributed by atoms with van der Waals surface area (Å²) in [5, 5.41) is 41.3. The van der Waals surface area contributed by atoms with E-state index in [0.29, 0.717) is 13.1 Å². The molecule has 0 aromatic heterocycles. The van der Waals surface area contributed by atoms with Crippen LogP contribution in [0, 0.1) is 0 Å². The third-order valence-corrected chi connectivity index (χ3v) is 4.93. The van der Waals surface area contributed by atoms with Gasteiger partial charge in [-0.15, -0.1) is 0 Å². The molecule has 0 radical (unpaired) electrons. The number of halogens is 1. The van der Waals surface area contributed by atoms with E-state index in [9.17, 15) is 29.6 Å². The lowest BCUT2D eigenvalue weighted by atomic mass is 9.99. The van der Waals surface area contributed by atoms with Crippen molar-refractivity contribution in [2.45, 2.75) is 62.6 Å². The summed E-state index contributed by atoms with van der Waals surface area (Å²) in [7, 11) is 0. The number of nitrogens with one attached hydrogen (secondary N) is 1. The minimum Gasteiger partial charge on any atom is -0.462 e. The van der Waals surface area contributed by atoms with Crippen LogP contribution in [0.2, 0.25) is 0 Å². The Kier molecular flexibility index (Phi) is 9.89. The molecule has 9 nitrogen and oxygen atoms in total. The fraction of sp³-hybridized carbons (Fsp3) is 0.650. The van der Waals surface area contributed by atoms with Gasteiger partial charge in [-0.1, -0.05) is 25.0 Å². The number of carbonyl (C=O) groups is 1. The summed E-state index contributed by atoms with van der Waals surface area (Å²) in [5.74, 6) is -0.535. The number of aliphatic hydroxyl groups excluding tert-OH is 4. The Morgan fingerprint density at radius 3 is 2.40 bits per heavy atom. The standard InChI is InChI=1S/C20H31FN2O7/c21-15(19(28)23-10-4-2-1-3-9-22)12-5-7-13(8-6-12)29-20-18(27)17(26)16(25)14(11-24)30-20/h5-8,14-18,20,24-27H,1-4,9-11,22H2,(H,23,28)/t14-,15+,16+,17+,18-,20-/m1/s1. The molecule has 0 bridgehead atoms. The Bertz CT molecular complexity index is 647. The van der Waals surface area contributed by atoms with Gasteiger partial charge >= 0.3 is 0 Å². The second kappa shape index (κ2) is 12.1. The summed E-state index contributed by atoms with van der Waals surface area (Å²) in [6.45, 7) is 0.451. The third-order valence-electron chi connectivity index (χ3n) is 4.93. The average Bonchev–Trinajstić information content (AvgIpc) is 2.76. The van der Waals surface area contributed by atoms with E-state index in [1.807, 2.05) is 0 Å². The van der Waals surface area contributed by atoms with Gasteiger partial charge in [0.15, 0.2) is 0 Å². The second-order valence-corrected chi connectivity index (χ2v) is 7.24. The van der Waals surface area contributed by atoms with Gasteiger partial charge < -0.3 is 41.0 Å². The highest BCUT2D eigenvalue weighted by Crippen LogP contribution is 2.26. The van der Waals surface area contributed by atoms with Crippen molar-refractivity contribution in [1.29, 1.82) is 0 Å². The number of hydrogen-bond donors (Lipinski definition) is 6. The molecule has 1 heterocycles. The first-order chi connectivity index (χ1) is 14.4. The summed E-state index contributed by atoms with van der Waals surface area (Å²) in [4.78, 5) is 11.9. The molecular formula is C20H31FN2O7. The van der Waals surface area contributed by atoms with Crippen molar-refractivity contribution in [1.82, 2.24) is 5.32 Å². The SMILES string of the molecule is NCCCCCCNC(=O)[C@@H](F)c1ccc(O[C@@H]2O[C@H](CO)[C@H](O)[C@H](O)[C@H]2O)cc1. The van der Waals surface area contributed by atoms with Crippen LogP contribution in [0.1, 0.15) is 37.4 Å². The van der Waals surface area contributed by atoms with Gasteiger partial charge in [-0.25, -0.2) is 4.39 Å². The number of unbranched alkanes of at least 4 members (excludes halogenated alkanes) is 3. The van der Waals surface area contributed by atoms with Gasteiger partial charge in [-0.05, 0) is 37.1 Å². The number of aliphatic hydroxyl groups is 4. The molecule has 1 aromatic rings. The van der Waals surface area contributed by atoms with Crippen molar-refractivity contribution in [3.05, 3.63) is 29.8 Å². The fourth-order valence-electron chi connectivity index (χ4n) is 3.09. The second-order valence-electron chi connectivity index (χ2n) is 7.24. The minimum atomic E-state index is -1.84. The summed E-state index contributed by atoms with van der Waals surface area (Å²) < 4.78 is 25.1. The zero-order chi connectivity index (χ0) is 22.1. The Balaban J connectivity index is 1.86. The molecule has 170 valence electrons. The van der Waals surface area contributed by atoms with Crippen molar-refractivity contribution < 1.29 is 39.1 Å². The summed E-state index contributed by atoms with van der Waals surface area (Å²) in [6, 6.07) is 5.52. The molecule has 1 fully saturated rings. The first-order valence-corrected chi connectivity index (χ1v) is 10.1. The van der Waals surface area contributed by atoms with Crippen LogP contribution in [0.15, 0.2) is 24.3 Å². The largest absolute Gasteiger partial charge is 0.462 e. The van der Waals surface area contributed by atoms with E-state index in [2.05, 4.69) is 5.32 Å². The van der Waals surface area contributed by atoms with Crippen molar-refractivity contribution in [2.75, 3.05) is 19.7 Å². The number of amides is 1. The monoisotopic (exact) mass is 430 g/mol. The molecule has 6 atom stereocenters. The Hall–Kier alpha value is -1.82. The number of hydrogen-bond acceptors (Lipinski definition) is 8. The van der Waals surface area contributed by atoms with E-state index < -0.39 is 49.4 Å². The first-order valence-electron chi connectivity index (χ1n) is 10.1. The van der Waals surface area contributed by atoms with Crippen LogP contribution < -0.4 is 15.8 Å². The molecule has 0 unspecified atom stereocenters. The molecule has 0 saturated carbocycles. The maximum atomic E-state index is 14.4. The highest BCUT2D eigenvalue weighted by molar-refractivity contribution is 5.82. The maximum Gasteiger partial charge on any atom is 0.259 e. The van der Waals surface area contributed by atoms with Gasteiger partial charge in [-0.3, -0.25) is 4.79 Å². The third kappa shape index (κ3) is 6.59. The molecule has 1 aliphatic heterocycles. The van der Waals surface area contributed by atoms with Crippen LogP contribution >= 0.6 is 0 Å². The highest BCUT2D eigenvalue weighted by atomic mass is 19.1. The van der Waals surface area contributed by atoms with E-state index in [-0.39, 0.29) is 11.3 Å². The predicted molar refractivity (Wildman–Crippen MR) is 105 cm³/mol. The van der Waals surface area contributed by atoms with Crippen molar-refractivity contribution >= 4 is 5.91 Å². The number of ether oxygens (including phenoxy) is 2. The van der Waals surface area contributed by atoms with E-state index >= 15 is 0 Å². The van der Waals surface area contributed by atoms with Crippen molar-refractivity contribution in [3.63, 3.8) is 0 Å². The molecule has 10 heteroatoms. The molecule has 2 rings (SSSR count). The Morgan fingerprint density at radius 1 is 1.10 bits per heavy atom. The lowest BCUT2D eigenvalue weighted by molar-refractivity contribution is -0.277. The van der Waals surface area contributed by atoms with E-state index in [0.717, 1.165) is 25.7 Å². The number of benzene rings is 1. The number of nitrogens with two attached hydrogens (primary N) is 1. The van der Waals surface area contributed by atoms with Crippen molar-refractivity contribution in [2.24, 2.45) is 5.73 Å². The van der Waals surface area contributed by atoms with Crippen LogP contribution in [0.25, 0.3) is 0 Å². The smallest absolute Gasteiger partial charge is 0.259 e. The van der Waals surface area contributed by atoms with E-state index in [1.54, 1.807) is 0 Å². The molecule has 1 aliphatic rings. The van der Waals surface area contributed by atoms with Gasteiger partial charge in [0.05, 0.1) is 6.61 Å². The van der Waals surface area contributed by atoms with Crippen LogP contribution in [0.4, 0.5) is 4.39 Å². The van der Waals surface area contributed by atoms with Gasteiger partial charge in [0.2, 0.25) is 12.5 Å². The number of carbonyl (C=O) groups excluding carboxylic acids is 1. The molecule has 0 spiro atoms.